The third kappa shape index (κ3) is 2.42. The lowest BCUT2D eigenvalue weighted by atomic mass is 9.86. The van der Waals surface area contributed by atoms with Crippen molar-refractivity contribution in [3.05, 3.63) is 18.6 Å². The van der Waals surface area contributed by atoms with Crippen LogP contribution in [0.3, 0.4) is 0 Å². The van der Waals surface area contributed by atoms with Crippen LogP contribution in [-0.2, 0) is 7.05 Å². The molecule has 0 spiro atoms. The van der Waals surface area contributed by atoms with Gasteiger partial charge in [0, 0.05) is 25.9 Å². The summed E-state index contributed by atoms with van der Waals surface area (Å²) in [4.78, 5) is 8.66. The van der Waals surface area contributed by atoms with Crippen molar-refractivity contribution >= 4 is 16.9 Å². The lowest BCUT2D eigenvalue weighted by molar-refractivity contribution is 0.184. The van der Waals surface area contributed by atoms with Crippen molar-refractivity contribution in [1.82, 2.24) is 14.5 Å². The van der Waals surface area contributed by atoms with E-state index in [1.54, 1.807) is 6.33 Å². The first-order chi connectivity index (χ1) is 9.28. The third-order valence-corrected chi connectivity index (χ3v) is 4.04. The number of aliphatic hydroxyl groups excluding tert-OH is 1. The molecule has 2 atom stereocenters. The Morgan fingerprint density at radius 3 is 3.16 bits per heavy atom. The number of aromatic nitrogens is 3. The Bertz CT molecular complexity index is 566. The Morgan fingerprint density at radius 2 is 2.32 bits per heavy atom. The van der Waals surface area contributed by atoms with E-state index in [0.29, 0.717) is 18.6 Å². The summed E-state index contributed by atoms with van der Waals surface area (Å²) in [5.74, 6) is 1.34. The van der Waals surface area contributed by atoms with Crippen LogP contribution in [0.15, 0.2) is 18.6 Å². The summed E-state index contributed by atoms with van der Waals surface area (Å²) in [5, 5.41) is 13.9. The number of aryl methyl sites for hydroxylation is 1. The Balaban J connectivity index is 1.81. The van der Waals surface area contributed by atoms with Crippen molar-refractivity contribution in [2.75, 3.05) is 11.9 Å². The van der Waals surface area contributed by atoms with Crippen molar-refractivity contribution in [3.63, 3.8) is 0 Å². The van der Waals surface area contributed by atoms with Gasteiger partial charge in [0.1, 0.15) is 17.8 Å². The molecule has 0 aliphatic heterocycles. The smallest absolute Gasteiger partial charge is 0.145 e. The highest BCUT2D eigenvalue weighted by molar-refractivity contribution is 5.87. The summed E-state index contributed by atoms with van der Waals surface area (Å²) < 4.78 is 2.00. The fourth-order valence-electron chi connectivity index (χ4n) is 2.97. The van der Waals surface area contributed by atoms with Gasteiger partial charge in [-0.25, -0.2) is 9.97 Å². The average Bonchev–Trinajstić information content (AvgIpc) is 2.82. The number of nitrogens with zero attached hydrogens (tertiary/aromatic N) is 3. The molecule has 1 fully saturated rings. The predicted octanol–water partition coefficient (Wildman–Crippen LogP) is 1.93. The number of rotatable bonds is 3. The van der Waals surface area contributed by atoms with E-state index in [9.17, 15) is 5.11 Å². The second-order valence-electron chi connectivity index (χ2n) is 5.44. The molecule has 102 valence electrons. The van der Waals surface area contributed by atoms with Crippen molar-refractivity contribution in [3.8, 4) is 0 Å². The highest BCUT2D eigenvalue weighted by Gasteiger charge is 2.22. The van der Waals surface area contributed by atoms with Gasteiger partial charge in [-0.15, -0.1) is 0 Å². The van der Waals surface area contributed by atoms with Crippen LogP contribution in [0.25, 0.3) is 11.0 Å². The molecule has 19 heavy (non-hydrogen) atoms. The molecule has 1 saturated carbocycles. The first-order valence-electron chi connectivity index (χ1n) is 6.91. The van der Waals surface area contributed by atoms with Gasteiger partial charge in [0.2, 0.25) is 0 Å². The molecular formula is C14H20N4O. The average molecular weight is 260 g/mol. The van der Waals surface area contributed by atoms with Gasteiger partial charge >= 0.3 is 0 Å². The van der Waals surface area contributed by atoms with E-state index in [2.05, 4.69) is 15.3 Å². The minimum Gasteiger partial charge on any atom is -0.396 e. The van der Waals surface area contributed by atoms with Crippen LogP contribution in [0.5, 0.6) is 0 Å². The summed E-state index contributed by atoms with van der Waals surface area (Å²) in [7, 11) is 1.99. The second kappa shape index (κ2) is 5.17. The minimum absolute atomic E-state index is 0.294. The molecule has 0 aromatic carbocycles. The highest BCUT2D eigenvalue weighted by Crippen LogP contribution is 2.28. The molecule has 2 N–H and O–H groups in total. The van der Waals surface area contributed by atoms with Gasteiger partial charge < -0.3 is 15.0 Å². The van der Waals surface area contributed by atoms with Crippen LogP contribution >= 0.6 is 0 Å². The van der Waals surface area contributed by atoms with Gasteiger partial charge in [0.15, 0.2) is 0 Å². The number of anilines is 1. The molecule has 5 heteroatoms. The van der Waals surface area contributed by atoms with Crippen LogP contribution in [0, 0.1) is 5.92 Å². The maximum absolute atomic E-state index is 9.29. The predicted molar refractivity (Wildman–Crippen MR) is 75.0 cm³/mol. The van der Waals surface area contributed by atoms with E-state index in [0.717, 1.165) is 36.1 Å². The molecular weight excluding hydrogens is 240 g/mol. The van der Waals surface area contributed by atoms with Crippen LogP contribution in [-0.4, -0.2) is 32.3 Å². The van der Waals surface area contributed by atoms with Crippen molar-refractivity contribution in [2.24, 2.45) is 13.0 Å². The summed E-state index contributed by atoms with van der Waals surface area (Å²) in [6.07, 6.45) is 8.09. The number of fused-ring (bicyclic) bond motifs is 1. The van der Waals surface area contributed by atoms with E-state index in [1.807, 2.05) is 23.9 Å². The fourth-order valence-corrected chi connectivity index (χ4v) is 2.97. The van der Waals surface area contributed by atoms with Crippen LogP contribution in [0.4, 0.5) is 5.82 Å². The van der Waals surface area contributed by atoms with Crippen molar-refractivity contribution < 1.29 is 5.11 Å². The second-order valence-corrected chi connectivity index (χ2v) is 5.44. The summed E-state index contributed by atoms with van der Waals surface area (Å²) >= 11 is 0. The first kappa shape index (κ1) is 12.4. The van der Waals surface area contributed by atoms with E-state index in [4.69, 9.17) is 0 Å². The maximum Gasteiger partial charge on any atom is 0.145 e. The molecule has 0 bridgehead atoms. The summed E-state index contributed by atoms with van der Waals surface area (Å²) in [6.45, 7) is 0.294. The Hall–Kier alpha value is -1.62. The monoisotopic (exact) mass is 260 g/mol. The number of aliphatic hydroxyl groups is 1. The number of hydrogen-bond acceptors (Lipinski definition) is 4. The maximum atomic E-state index is 9.29. The van der Waals surface area contributed by atoms with Gasteiger partial charge in [-0.3, -0.25) is 0 Å². The molecule has 0 unspecified atom stereocenters. The zero-order chi connectivity index (χ0) is 13.2. The minimum atomic E-state index is 0.294. The van der Waals surface area contributed by atoms with Gasteiger partial charge in [-0.1, -0.05) is 6.42 Å². The first-order valence-corrected chi connectivity index (χ1v) is 6.91. The van der Waals surface area contributed by atoms with E-state index in [-0.39, 0.29) is 0 Å². The molecule has 0 radical (unpaired) electrons. The van der Waals surface area contributed by atoms with E-state index < -0.39 is 0 Å². The normalized spacial score (nSPS) is 23.7. The molecule has 2 aromatic heterocycles. The van der Waals surface area contributed by atoms with Gasteiger partial charge in [0.25, 0.3) is 0 Å². The molecule has 3 rings (SSSR count). The highest BCUT2D eigenvalue weighted by atomic mass is 16.3. The largest absolute Gasteiger partial charge is 0.396 e. The summed E-state index contributed by atoms with van der Waals surface area (Å²) in [6, 6.07) is 2.45. The van der Waals surface area contributed by atoms with Crippen LogP contribution in [0.2, 0.25) is 0 Å². The van der Waals surface area contributed by atoms with Crippen molar-refractivity contribution in [1.29, 1.82) is 0 Å². The molecule has 2 aromatic rings. The number of nitrogens with one attached hydrogen (secondary N) is 1. The Labute approximate surface area is 112 Å². The van der Waals surface area contributed by atoms with E-state index >= 15 is 0 Å². The topological polar surface area (TPSA) is 63.0 Å². The molecule has 1 aliphatic carbocycles. The molecule has 2 heterocycles. The summed E-state index contributed by atoms with van der Waals surface area (Å²) in [5.41, 5.74) is 0.951. The molecule has 1 aliphatic rings. The quantitative estimate of drug-likeness (QED) is 0.885. The lowest BCUT2D eigenvalue weighted by Gasteiger charge is -2.29. The standard InChI is InChI=1S/C14H20N4O/c1-18-6-5-12-13(15-9-16-14(12)18)17-11-4-2-3-10(7-11)8-19/h5-6,9-11,19H,2-4,7-8H2,1H3,(H,15,16,17)/t10-,11+/m1/s1. The lowest BCUT2D eigenvalue weighted by Crippen LogP contribution is -2.29. The van der Waals surface area contributed by atoms with Gasteiger partial charge in [0.05, 0.1) is 5.39 Å². The molecule has 0 amide bonds. The molecule has 0 saturated heterocycles. The van der Waals surface area contributed by atoms with E-state index in [1.165, 1.54) is 6.42 Å². The number of hydrogen-bond donors (Lipinski definition) is 2. The third-order valence-electron chi connectivity index (χ3n) is 4.04. The van der Waals surface area contributed by atoms with Crippen LogP contribution in [0.1, 0.15) is 25.7 Å². The Kier molecular flexibility index (Phi) is 3.38. The van der Waals surface area contributed by atoms with Gasteiger partial charge in [-0.05, 0) is 31.2 Å². The van der Waals surface area contributed by atoms with Gasteiger partial charge in [-0.2, -0.15) is 0 Å². The van der Waals surface area contributed by atoms with Crippen LogP contribution < -0.4 is 5.32 Å². The fraction of sp³-hybridized carbons (Fsp3) is 0.571. The zero-order valence-corrected chi connectivity index (χ0v) is 11.2. The Morgan fingerprint density at radius 1 is 1.42 bits per heavy atom. The SMILES string of the molecule is Cn1ccc2c(N[C@H]3CCC[C@@H](CO)C3)ncnc21. The zero-order valence-electron chi connectivity index (χ0n) is 11.2. The molecule has 5 nitrogen and oxygen atoms in total. The van der Waals surface area contributed by atoms with Crippen molar-refractivity contribution in [2.45, 2.75) is 31.7 Å².